The lowest BCUT2D eigenvalue weighted by Gasteiger charge is -2.22. The number of nitrogens with zero attached hydrogens (tertiary/aromatic N) is 1. The summed E-state index contributed by atoms with van der Waals surface area (Å²) in [7, 11) is 0. The van der Waals surface area contributed by atoms with Gasteiger partial charge in [0.2, 0.25) is 5.91 Å². The number of likely N-dealkylation sites (tertiary alicyclic amines) is 1. The average molecular weight is 301 g/mol. The molecule has 104 valence electrons. The van der Waals surface area contributed by atoms with Gasteiger partial charge in [0.05, 0.1) is 0 Å². The first-order chi connectivity index (χ1) is 9.06. The standard InChI is InChI=1S/C14H18Cl2N2O/c1-10(9-18-6-2-3-14(18)19)17-8-11-4-5-12(15)7-13(11)16/h4-5,7,10,17H,2-3,6,8-9H2,1H3. The van der Waals surface area contributed by atoms with Crippen LogP contribution in [-0.4, -0.2) is 29.9 Å². The average Bonchev–Trinajstić information content (AvgIpc) is 2.74. The molecule has 0 spiro atoms. The van der Waals surface area contributed by atoms with Crippen LogP contribution in [0.3, 0.4) is 0 Å². The van der Waals surface area contributed by atoms with Crippen LogP contribution in [0.1, 0.15) is 25.3 Å². The Kier molecular flexibility index (Phi) is 5.08. The van der Waals surface area contributed by atoms with Crippen LogP contribution in [0.25, 0.3) is 0 Å². The predicted octanol–water partition coefficient (Wildman–Crippen LogP) is 3.09. The smallest absolute Gasteiger partial charge is 0.222 e. The summed E-state index contributed by atoms with van der Waals surface area (Å²) in [5.74, 6) is 0.262. The molecule has 1 unspecified atom stereocenters. The second-order valence-electron chi connectivity index (χ2n) is 4.96. The number of benzene rings is 1. The van der Waals surface area contributed by atoms with Gasteiger partial charge in [0.25, 0.3) is 0 Å². The van der Waals surface area contributed by atoms with Gasteiger partial charge in [-0.05, 0) is 31.0 Å². The van der Waals surface area contributed by atoms with E-state index in [4.69, 9.17) is 23.2 Å². The van der Waals surface area contributed by atoms with E-state index in [1.165, 1.54) is 0 Å². The van der Waals surface area contributed by atoms with Crippen LogP contribution >= 0.6 is 23.2 Å². The quantitative estimate of drug-likeness (QED) is 0.906. The van der Waals surface area contributed by atoms with E-state index in [1.807, 2.05) is 17.0 Å². The number of carbonyl (C=O) groups is 1. The van der Waals surface area contributed by atoms with Crippen LogP contribution in [0.5, 0.6) is 0 Å². The summed E-state index contributed by atoms with van der Waals surface area (Å²) in [6.07, 6.45) is 1.67. The fraction of sp³-hybridized carbons (Fsp3) is 0.500. The summed E-state index contributed by atoms with van der Waals surface area (Å²) in [6, 6.07) is 5.74. The minimum Gasteiger partial charge on any atom is -0.341 e. The van der Waals surface area contributed by atoms with Crippen molar-refractivity contribution in [3.63, 3.8) is 0 Å². The van der Waals surface area contributed by atoms with Gasteiger partial charge in [-0.1, -0.05) is 29.3 Å². The lowest BCUT2D eigenvalue weighted by molar-refractivity contribution is -0.127. The first-order valence-electron chi connectivity index (χ1n) is 6.51. The molecule has 1 aliphatic heterocycles. The summed E-state index contributed by atoms with van der Waals surface area (Å²) < 4.78 is 0. The van der Waals surface area contributed by atoms with E-state index in [0.29, 0.717) is 23.0 Å². The first kappa shape index (κ1) is 14.6. The molecule has 3 nitrogen and oxygen atoms in total. The van der Waals surface area contributed by atoms with E-state index in [1.54, 1.807) is 6.07 Å². The minimum absolute atomic E-state index is 0.244. The van der Waals surface area contributed by atoms with E-state index >= 15 is 0 Å². The Bertz CT molecular complexity index is 465. The maximum absolute atomic E-state index is 11.5. The second-order valence-corrected chi connectivity index (χ2v) is 5.80. The van der Waals surface area contributed by atoms with Crippen LogP contribution in [0.4, 0.5) is 0 Å². The van der Waals surface area contributed by atoms with Gasteiger partial charge in [0.15, 0.2) is 0 Å². The molecule has 1 heterocycles. The fourth-order valence-electron chi connectivity index (χ4n) is 2.24. The van der Waals surface area contributed by atoms with Crippen molar-refractivity contribution in [2.24, 2.45) is 0 Å². The highest BCUT2D eigenvalue weighted by Crippen LogP contribution is 2.20. The number of halogens is 2. The van der Waals surface area contributed by atoms with Crippen LogP contribution in [-0.2, 0) is 11.3 Å². The van der Waals surface area contributed by atoms with Crippen molar-refractivity contribution in [1.29, 1.82) is 0 Å². The Morgan fingerprint density at radius 3 is 2.84 bits per heavy atom. The molecule has 1 aliphatic rings. The van der Waals surface area contributed by atoms with E-state index in [-0.39, 0.29) is 11.9 Å². The molecule has 1 N–H and O–H groups in total. The van der Waals surface area contributed by atoms with Crippen molar-refractivity contribution >= 4 is 29.1 Å². The number of rotatable bonds is 5. The van der Waals surface area contributed by atoms with Gasteiger partial charge in [-0.3, -0.25) is 4.79 Å². The third kappa shape index (κ3) is 4.10. The van der Waals surface area contributed by atoms with E-state index in [9.17, 15) is 4.79 Å². The van der Waals surface area contributed by atoms with Crippen molar-refractivity contribution in [1.82, 2.24) is 10.2 Å². The van der Waals surface area contributed by atoms with Gasteiger partial charge in [-0.25, -0.2) is 0 Å². The lowest BCUT2D eigenvalue weighted by Crippen LogP contribution is -2.39. The molecule has 0 bridgehead atoms. The van der Waals surface area contributed by atoms with E-state index < -0.39 is 0 Å². The Morgan fingerprint density at radius 1 is 1.42 bits per heavy atom. The van der Waals surface area contributed by atoms with Crippen LogP contribution in [0, 0.1) is 0 Å². The number of hydrogen-bond donors (Lipinski definition) is 1. The Labute approximate surface area is 123 Å². The number of carbonyl (C=O) groups excluding carboxylic acids is 1. The molecule has 1 amide bonds. The molecular weight excluding hydrogens is 283 g/mol. The molecule has 0 aromatic heterocycles. The van der Waals surface area contributed by atoms with Gasteiger partial charge >= 0.3 is 0 Å². The Balaban J connectivity index is 1.82. The number of hydrogen-bond acceptors (Lipinski definition) is 2. The largest absolute Gasteiger partial charge is 0.341 e. The second kappa shape index (κ2) is 6.60. The van der Waals surface area contributed by atoms with Gasteiger partial charge in [0, 0.05) is 42.1 Å². The summed E-state index contributed by atoms with van der Waals surface area (Å²) >= 11 is 12.0. The predicted molar refractivity (Wildman–Crippen MR) is 78.6 cm³/mol. The number of nitrogens with one attached hydrogen (secondary N) is 1. The zero-order chi connectivity index (χ0) is 13.8. The molecule has 2 rings (SSSR count). The molecule has 1 fully saturated rings. The topological polar surface area (TPSA) is 32.3 Å². The van der Waals surface area contributed by atoms with Crippen molar-refractivity contribution in [3.8, 4) is 0 Å². The Morgan fingerprint density at radius 2 is 2.21 bits per heavy atom. The van der Waals surface area contributed by atoms with E-state index in [0.717, 1.165) is 25.1 Å². The highest BCUT2D eigenvalue weighted by molar-refractivity contribution is 6.35. The third-order valence-electron chi connectivity index (χ3n) is 3.32. The van der Waals surface area contributed by atoms with Crippen molar-refractivity contribution < 1.29 is 4.79 Å². The maximum Gasteiger partial charge on any atom is 0.222 e. The van der Waals surface area contributed by atoms with Gasteiger partial charge < -0.3 is 10.2 Å². The molecular formula is C14H18Cl2N2O. The summed E-state index contributed by atoms with van der Waals surface area (Å²) in [5, 5.41) is 4.70. The highest BCUT2D eigenvalue weighted by atomic mass is 35.5. The van der Waals surface area contributed by atoms with Crippen LogP contribution in [0.2, 0.25) is 10.0 Å². The summed E-state index contributed by atoms with van der Waals surface area (Å²) in [4.78, 5) is 13.5. The summed E-state index contributed by atoms with van der Waals surface area (Å²) in [5.41, 5.74) is 1.02. The van der Waals surface area contributed by atoms with Crippen molar-refractivity contribution in [2.75, 3.05) is 13.1 Å². The fourth-order valence-corrected chi connectivity index (χ4v) is 2.72. The minimum atomic E-state index is 0.244. The lowest BCUT2D eigenvalue weighted by atomic mass is 10.2. The van der Waals surface area contributed by atoms with E-state index in [2.05, 4.69) is 12.2 Å². The van der Waals surface area contributed by atoms with Gasteiger partial charge in [0.1, 0.15) is 0 Å². The van der Waals surface area contributed by atoms with Crippen LogP contribution < -0.4 is 5.32 Å². The SMILES string of the molecule is CC(CN1CCCC1=O)NCc1ccc(Cl)cc1Cl. The third-order valence-corrected chi connectivity index (χ3v) is 3.91. The summed E-state index contributed by atoms with van der Waals surface area (Å²) in [6.45, 7) is 4.39. The van der Waals surface area contributed by atoms with Crippen molar-refractivity contribution in [2.45, 2.75) is 32.4 Å². The monoisotopic (exact) mass is 300 g/mol. The number of amides is 1. The maximum atomic E-state index is 11.5. The van der Waals surface area contributed by atoms with Gasteiger partial charge in [-0.2, -0.15) is 0 Å². The Hall–Kier alpha value is -0.770. The highest BCUT2D eigenvalue weighted by Gasteiger charge is 2.21. The zero-order valence-electron chi connectivity index (χ0n) is 11.0. The molecule has 0 saturated carbocycles. The molecule has 1 saturated heterocycles. The zero-order valence-corrected chi connectivity index (χ0v) is 12.5. The van der Waals surface area contributed by atoms with Crippen LogP contribution in [0.15, 0.2) is 18.2 Å². The van der Waals surface area contributed by atoms with Gasteiger partial charge in [-0.15, -0.1) is 0 Å². The molecule has 1 aromatic rings. The molecule has 1 aromatic carbocycles. The molecule has 5 heteroatoms. The molecule has 0 aliphatic carbocycles. The van der Waals surface area contributed by atoms with Crippen molar-refractivity contribution in [3.05, 3.63) is 33.8 Å². The normalized spacial score (nSPS) is 17.0. The molecule has 0 radical (unpaired) electrons. The first-order valence-corrected chi connectivity index (χ1v) is 7.27. The molecule has 1 atom stereocenters. The molecule has 19 heavy (non-hydrogen) atoms.